The van der Waals surface area contributed by atoms with Crippen LogP contribution in [0.15, 0.2) is 18.3 Å². The smallest absolute Gasteiger partial charge is 0.151 e. The monoisotopic (exact) mass is 247 g/mol. The molecular formula is C15H25N3. The van der Waals surface area contributed by atoms with Gasteiger partial charge >= 0.3 is 0 Å². The molecule has 1 aliphatic carbocycles. The fourth-order valence-electron chi connectivity index (χ4n) is 2.91. The van der Waals surface area contributed by atoms with E-state index in [1.54, 1.807) is 0 Å². The summed E-state index contributed by atoms with van der Waals surface area (Å²) in [5.74, 6) is 1.03. The normalized spacial score (nSPS) is 22.6. The molecule has 2 rings (SSSR count). The lowest BCUT2D eigenvalue weighted by molar-refractivity contribution is 0.229. The fraction of sp³-hybridized carbons (Fsp3) is 0.667. The standard InChI is InChI=1S/C15H25N3/c1-15(2)9-5-7-12(11-15)17-13-8-6-10-16-14(13)18(3)4/h6,8,10,12,17H,5,7,9,11H2,1-4H3. The summed E-state index contributed by atoms with van der Waals surface area (Å²) < 4.78 is 0. The van der Waals surface area contributed by atoms with Crippen LogP contribution in [0.2, 0.25) is 0 Å². The highest BCUT2D eigenvalue weighted by atomic mass is 15.2. The van der Waals surface area contributed by atoms with E-state index in [0.717, 1.165) is 11.5 Å². The summed E-state index contributed by atoms with van der Waals surface area (Å²) >= 11 is 0. The molecule has 0 amide bonds. The number of nitrogens with one attached hydrogen (secondary N) is 1. The van der Waals surface area contributed by atoms with Gasteiger partial charge in [0.05, 0.1) is 5.69 Å². The number of pyridine rings is 1. The minimum Gasteiger partial charge on any atom is -0.379 e. The number of nitrogens with zero attached hydrogens (tertiary/aromatic N) is 2. The van der Waals surface area contributed by atoms with Gasteiger partial charge in [-0.1, -0.05) is 20.3 Å². The van der Waals surface area contributed by atoms with Crippen LogP contribution < -0.4 is 10.2 Å². The lowest BCUT2D eigenvalue weighted by atomic mass is 9.75. The zero-order valence-electron chi connectivity index (χ0n) is 12.0. The second-order valence-electron chi connectivity index (χ2n) is 6.37. The van der Waals surface area contributed by atoms with Gasteiger partial charge in [0.1, 0.15) is 0 Å². The van der Waals surface area contributed by atoms with Gasteiger partial charge in [-0.15, -0.1) is 0 Å². The van der Waals surface area contributed by atoms with E-state index in [2.05, 4.69) is 35.1 Å². The molecule has 0 spiro atoms. The van der Waals surface area contributed by atoms with E-state index in [1.807, 2.05) is 26.4 Å². The van der Waals surface area contributed by atoms with E-state index in [1.165, 1.54) is 25.7 Å². The van der Waals surface area contributed by atoms with E-state index >= 15 is 0 Å². The molecule has 0 radical (unpaired) electrons. The lowest BCUT2D eigenvalue weighted by Gasteiger charge is -2.36. The van der Waals surface area contributed by atoms with Crippen molar-refractivity contribution in [3.05, 3.63) is 18.3 Å². The zero-order valence-corrected chi connectivity index (χ0v) is 12.0. The summed E-state index contributed by atoms with van der Waals surface area (Å²) in [7, 11) is 4.08. The molecule has 1 unspecified atom stereocenters. The summed E-state index contributed by atoms with van der Waals surface area (Å²) in [6.07, 6.45) is 7.03. The molecule has 1 aromatic heterocycles. The van der Waals surface area contributed by atoms with Crippen molar-refractivity contribution in [2.45, 2.75) is 45.6 Å². The van der Waals surface area contributed by atoms with Crippen molar-refractivity contribution in [3.63, 3.8) is 0 Å². The van der Waals surface area contributed by atoms with Crippen LogP contribution in [-0.4, -0.2) is 25.1 Å². The van der Waals surface area contributed by atoms with Gasteiger partial charge in [0.2, 0.25) is 0 Å². The second-order valence-corrected chi connectivity index (χ2v) is 6.37. The van der Waals surface area contributed by atoms with Crippen LogP contribution >= 0.6 is 0 Å². The molecule has 0 aliphatic heterocycles. The molecular weight excluding hydrogens is 222 g/mol. The summed E-state index contributed by atoms with van der Waals surface area (Å²) in [4.78, 5) is 6.51. The molecule has 1 N–H and O–H groups in total. The maximum absolute atomic E-state index is 4.44. The summed E-state index contributed by atoms with van der Waals surface area (Å²) in [5, 5.41) is 3.68. The Kier molecular flexibility index (Phi) is 3.79. The van der Waals surface area contributed by atoms with Crippen molar-refractivity contribution in [2.24, 2.45) is 5.41 Å². The molecule has 3 heteroatoms. The van der Waals surface area contributed by atoms with Gasteiger partial charge in [-0.3, -0.25) is 0 Å². The molecule has 100 valence electrons. The Balaban J connectivity index is 2.09. The Morgan fingerprint density at radius 1 is 1.39 bits per heavy atom. The average molecular weight is 247 g/mol. The first kappa shape index (κ1) is 13.2. The third-order valence-corrected chi connectivity index (χ3v) is 3.78. The largest absolute Gasteiger partial charge is 0.379 e. The Labute approximate surface area is 111 Å². The minimum atomic E-state index is 0.469. The Bertz CT molecular complexity index is 398. The van der Waals surface area contributed by atoms with Crippen LogP contribution in [0, 0.1) is 5.41 Å². The maximum atomic E-state index is 4.44. The maximum Gasteiger partial charge on any atom is 0.151 e. The van der Waals surface area contributed by atoms with E-state index in [9.17, 15) is 0 Å². The predicted molar refractivity (Wildman–Crippen MR) is 78.2 cm³/mol. The molecule has 0 bridgehead atoms. The molecule has 1 saturated carbocycles. The van der Waals surface area contributed by atoms with Crippen LogP contribution in [0.4, 0.5) is 11.5 Å². The van der Waals surface area contributed by atoms with E-state index < -0.39 is 0 Å². The molecule has 1 heterocycles. The molecule has 1 aliphatic rings. The van der Waals surface area contributed by atoms with Crippen molar-refractivity contribution < 1.29 is 0 Å². The Morgan fingerprint density at radius 2 is 2.17 bits per heavy atom. The third-order valence-electron chi connectivity index (χ3n) is 3.78. The summed E-state index contributed by atoms with van der Waals surface area (Å²) in [6, 6.07) is 4.71. The van der Waals surface area contributed by atoms with Gasteiger partial charge < -0.3 is 10.2 Å². The molecule has 1 atom stereocenters. The topological polar surface area (TPSA) is 28.2 Å². The van der Waals surface area contributed by atoms with Crippen molar-refractivity contribution in [1.29, 1.82) is 0 Å². The van der Waals surface area contributed by atoms with Crippen LogP contribution in [0.1, 0.15) is 39.5 Å². The summed E-state index contributed by atoms with van der Waals surface area (Å²) in [6.45, 7) is 4.74. The predicted octanol–water partition coefficient (Wildman–Crippen LogP) is 3.53. The Morgan fingerprint density at radius 3 is 2.83 bits per heavy atom. The van der Waals surface area contributed by atoms with Gasteiger partial charge in [-0.25, -0.2) is 4.98 Å². The highest BCUT2D eigenvalue weighted by molar-refractivity contribution is 5.65. The van der Waals surface area contributed by atoms with Crippen LogP contribution in [-0.2, 0) is 0 Å². The van der Waals surface area contributed by atoms with Gasteiger partial charge in [-0.05, 0) is 36.8 Å². The van der Waals surface area contributed by atoms with Gasteiger partial charge in [-0.2, -0.15) is 0 Å². The fourth-order valence-corrected chi connectivity index (χ4v) is 2.91. The van der Waals surface area contributed by atoms with Gasteiger partial charge in [0.25, 0.3) is 0 Å². The third kappa shape index (κ3) is 3.15. The van der Waals surface area contributed by atoms with Crippen LogP contribution in [0.5, 0.6) is 0 Å². The molecule has 1 aromatic rings. The van der Waals surface area contributed by atoms with Crippen LogP contribution in [0.3, 0.4) is 0 Å². The molecule has 0 aromatic carbocycles. The first-order valence-corrected chi connectivity index (χ1v) is 6.87. The molecule has 3 nitrogen and oxygen atoms in total. The first-order valence-electron chi connectivity index (χ1n) is 6.87. The van der Waals surface area contributed by atoms with Crippen molar-refractivity contribution >= 4 is 11.5 Å². The molecule has 18 heavy (non-hydrogen) atoms. The number of hydrogen-bond acceptors (Lipinski definition) is 3. The highest BCUT2D eigenvalue weighted by Crippen LogP contribution is 2.37. The number of aromatic nitrogens is 1. The SMILES string of the molecule is CN(C)c1ncccc1NC1CCCC(C)(C)C1. The highest BCUT2D eigenvalue weighted by Gasteiger charge is 2.28. The first-order chi connectivity index (χ1) is 8.48. The number of rotatable bonds is 3. The molecule has 1 fully saturated rings. The Hall–Kier alpha value is -1.25. The number of anilines is 2. The van der Waals surface area contributed by atoms with Crippen molar-refractivity contribution in [1.82, 2.24) is 4.98 Å². The van der Waals surface area contributed by atoms with E-state index in [4.69, 9.17) is 0 Å². The quantitative estimate of drug-likeness (QED) is 0.885. The van der Waals surface area contributed by atoms with E-state index in [0.29, 0.717) is 11.5 Å². The zero-order chi connectivity index (χ0) is 13.2. The second kappa shape index (κ2) is 5.17. The van der Waals surface area contributed by atoms with Crippen molar-refractivity contribution in [3.8, 4) is 0 Å². The lowest BCUT2D eigenvalue weighted by Crippen LogP contribution is -2.32. The minimum absolute atomic E-state index is 0.469. The summed E-state index contributed by atoms with van der Waals surface area (Å²) in [5.41, 5.74) is 1.63. The van der Waals surface area contributed by atoms with Crippen molar-refractivity contribution in [2.75, 3.05) is 24.3 Å². The van der Waals surface area contributed by atoms with Gasteiger partial charge in [0.15, 0.2) is 5.82 Å². The van der Waals surface area contributed by atoms with Crippen LogP contribution in [0.25, 0.3) is 0 Å². The van der Waals surface area contributed by atoms with E-state index in [-0.39, 0.29) is 0 Å². The van der Waals surface area contributed by atoms with Gasteiger partial charge in [0, 0.05) is 26.3 Å². The molecule has 0 saturated heterocycles. The number of hydrogen-bond donors (Lipinski definition) is 1. The average Bonchev–Trinajstić information content (AvgIpc) is 2.28.